The normalized spacial score (nSPS) is 23.5. The van der Waals surface area contributed by atoms with E-state index in [-0.39, 0.29) is 11.9 Å². The highest BCUT2D eigenvalue weighted by molar-refractivity contribution is 5.78. The summed E-state index contributed by atoms with van der Waals surface area (Å²) in [5, 5.41) is 6.37. The molecule has 2 N–H and O–H groups in total. The predicted octanol–water partition coefficient (Wildman–Crippen LogP) is 1.93. The first kappa shape index (κ1) is 12.9. The molecule has 0 aromatic rings. The molecule has 98 valence electrons. The van der Waals surface area contributed by atoms with Crippen LogP contribution in [-0.2, 0) is 4.79 Å². The van der Waals surface area contributed by atoms with Gasteiger partial charge in [0.15, 0.2) is 0 Å². The molecule has 3 heteroatoms. The SMILES string of the molecule is CC(C)C(C)NC(=O)CNCC1(C2CC2)CC1. The Morgan fingerprint density at radius 3 is 2.41 bits per heavy atom. The second-order valence-corrected chi connectivity index (χ2v) is 6.34. The lowest BCUT2D eigenvalue weighted by Gasteiger charge is -2.19. The second kappa shape index (κ2) is 4.97. The molecule has 2 saturated carbocycles. The second-order valence-electron chi connectivity index (χ2n) is 6.34. The molecule has 0 spiro atoms. The first-order valence-corrected chi connectivity index (χ1v) is 7.03. The Morgan fingerprint density at radius 1 is 1.29 bits per heavy atom. The maximum atomic E-state index is 11.7. The zero-order valence-corrected chi connectivity index (χ0v) is 11.4. The highest BCUT2D eigenvalue weighted by atomic mass is 16.1. The zero-order chi connectivity index (χ0) is 12.5. The van der Waals surface area contributed by atoms with Crippen molar-refractivity contribution < 1.29 is 4.79 Å². The van der Waals surface area contributed by atoms with Gasteiger partial charge in [0.05, 0.1) is 6.54 Å². The smallest absolute Gasteiger partial charge is 0.234 e. The van der Waals surface area contributed by atoms with Crippen molar-refractivity contribution in [1.29, 1.82) is 0 Å². The summed E-state index contributed by atoms with van der Waals surface area (Å²) in [5.41, 5.74) is 0.587. The van der Waals surface area contributed by atoms with Gasteiger partial charge in [0.2, 0.25) is 5.91 Å². The topological polar surface area (TPSA) is 41.1 Å². The van der Waals surface area contributed by atoms with Crippen molar-refractivity contribution in [2.45, 2.75) is 52.5 Å². The van der Waals surface area contributed by atoms with E-state index in [0.717, 1.165) is 12.5 Å². The van der Waals surface area contributed by atoms with Crippen molar-refractivity contribution >= 4 is 5.91 Å². The summed E-state index contributed by atoms with van der Waals surface area (Å²) < 4.78 is 0. The zero-order valence-electron chi connectivity index (χ0n) is 11.4. The largest absolute Gasteiger partial charge is 0.352 e. The number of hydrogen-bond donors (Lipinski definition) is 2. The van der Waals surface area contributed by atoms with E-state index in [9.17, 15) is 4.79 Å². The van der Waals surface area contributed by atoms with Crippen molar-refractivity contribution in [3.63, 3.8) is 0 Å². The molecule has 0 heterocycles. The molecule has 3 nitrogen and oxygen atoms in total. The fourth-order valence-corrected chi connectivity index (χ4v) is 2.48. The Bertz CT molecular complexity index is 280. The minimum absolute atomic E-state index is 0.137. The van der Waals surface area contributed by atoms with Crippen molar-refractivity contribution in [2.75, 3.05) is 13.1 Å². The molecule has 0 saturated heterocycles. The molecule has 2 fully saturated rings. The highest BCUT2D eigenvalue weighted by Gasteiger charge is 2.53. The molecule has 0 aromatic heterocycles. The predicted molar refractivity (Wildman–Crippen MR) is 69.7 cm³/mol. The van der Waals surface area contributed by atoms with Gasteiger partial charge in [-0.05, 0) is 49.9 Å². The standard InChI is InChI=1S/C14H26N2O/c1-10(2)11(3)16-13(17)8-15-9-14(6-7-14)12-4-5-12/h10-12,15H,4-9H2,1-3H3,(H,16,17). The third-order valence-electron chi connectivity index (χ3n) is 4.49. The van der Waals surface area contributed by atoms with Gasteiger partial charge in [0, 0.05) is 12.6 Å². The van der Waals surface area contributed by atoms with Crippen LogP contribution in [0, 0.1) is 17.3 Å². The van der Waals surface area contributed by atoms with Crippen LogP contribution in [0.5, 0.6) is 0 Å². The molecule has 2 aliphatic carbocycles. The molecule has 2 aliphatic rings. The van der Waals surface area contributed by atoms with E-state index in [1.54, 1.807) is 0 Å². The van der Waals surface area contributed by atoms with Crippen molar-refractivity contribution in [1.82, 2.24) is 10.6 Å². The summed E-state index contributed by atoms with van der Waals surface area (Å²) in [6.45, 7) is 7.84. The van der Waals surface area contributed by atoms with Crippen LogP contribution in [-0.4, -0.2) is 25.0 Å². The van der Waals surface area contributed by atoms with Crippen LogP contribution in [0.15, 0.2) is 0 Å². The van der Waals surface area contributed by atoms with Gasteiger partial charge < -0.3 is 10.6 Å². The summed E-state index contributed by atoms with van der Waals surface area (Å²) in [6, 6.07) is 0.266. The van der Waals surface area contributed by atoms with E-state index in [0.29, 0.717) is 17.9 Å². The molecule has 1 atom stereocenters. The van der Waals surface area contributed by atoms with Gasteiger partial charge in [0.25, 0.3) is 0 Å². The Hall–Kier alpha value is -0.570. The number of carbonyl (C=O) groups is 1. The quantitative estimate of drug-likeness (QED) is 0.711. The molecule has 1 unspecified atom stereocenters. The van der Waals surface area contributed by atoms with E-state index >= 15 is 0 Å². The molecule has 0 aliphatic heterocycles. The van der Waals surface area contributed by atoms with Gasteiger partial charge in [-0.25, -0.2) is 0 Å². The van der Waals surface area contributed by atoms with Crippen LogP contribution in [0.1, 0.15) is 46.5 Å². The number of amides is 1. The van der Waals surface area contributed by atoms with Crippen molar-refractivity contribution in [3.05, 3.63) is 0 Å². The first-order valence-electron chi connectivity index (χ1n) is 7.03. The number of hydrogen-bond acceptors (Lipinski definition) is 2. The summed E-state index contributed by atoms with van der Waals surface area (Å²) in [6.07, 6.45) is 5.57. The lowest BCUT2D eigenvalue weighted by molar-refractivity contribution is -0.121. The molecular formula is C14H26N2O. The van der Waals surface area contributed by atoms with E-state index in [2.05, 4.69) is 31.4 Å². The Balaban J connectivity index is 1.60. The van der Waals surface area contributed by atoms with Gasteiger partial charge in [-0.2, -0.15) is 0 Å². The number of carbonyl (C=O) groups excluding carboxylic acids is 1. The maximum absolute atomic E-state index is 11.7. The Labute approximate surface area is 105 Å². The molecule has 0 bridgehead atoms. The monoisotopic (exact) mass is 238 g/mol. The van der Waals surface area contributed by atoms with Gasteiger partial charge >= 0.3 is 0 Å². The molecule has 2 rings (SSSR count). The van der Waals surface area contributed by atoms with Gasteiger partial charge in [-0.15, -0.1) is 0 Å². The van der Waals surface area contributed by atoms with Crippen LogP contribution in [0.4, 0.5) is 0 Å². The fourth-order valence-electron chi connectivity index (χ4n) is 2.48. The van der Waals surface area contributed by atoms with Gasteiger partial charge in [-0.3, -0.25) is 4.79 Å². The van der Waals surface area contributed by atoms with Crippen LogP contribution in [0.25, 0.3) is 0 Å². The van der Waals surface area contributed by atoms with Crippen LogP contribution in [0.2, 0.25) is 0 Å². The average molecular weight is 238 g/mol. The lowest BCUT2D eigenvalue weighted by atomic mass is 10.0. The van der Waals surface area contributed by atoms with Crippen molar-refractivity contribution in [2.24, 2.45) is 17.3 Å². The van der Waals surface area contributed by atoms with Crippen LogP contribution in [0.3, 0.4) is 0 Å². The summed E-state index contributed by atoms with van der Waals surface area (Å²) in [7, 11) is 0. The van der Waals surface area contributed by atoms with E-state index in [1.165, 1.54) is 25.7 Å². The number of nitrogens with one attached hydrogen (secondary N) is 2. The first-order chi connectivity index (χ1) is 8.03. The summed E-state index contributed by atoms with van der Waals surface area (Å²) >= 11 is 0. The molecular weight excluding hydrogens is 212 g/mol. The third-order valence-corrected chi connectivity index (χ3v) is 4.49. The highest BCUT2D eigenvalue weighted by Crippen LogP contribution is 2.60. The molecule has 0 radical (unpaired) electrons. The van der Waals surface area contributed by atoms with E-state index in [1.807, 2.05) is 0 Å². The van der Waals surface area contributed by atoms with Crippen LogP contribution >= 0.6 is 0 Å². The lowest BCUT2D eigenvalue weighted by Crippen LogP contribution is -2.42. The van der Waals surface area contributed by atoms with E-state index in [4.69, 9.17) is 0 Å². The minimum Gasteiger partial charge on any atom is -0.352 e. The summed E-state index contributed by atoms with van der Waals surface area (Å²) in [5.74, 6) is 1.60. The minimum atomic E-state index is 0.137. The van der Waals surface area contributed by atoms with Gasteiger partial charge in [0.1, 0.15) is 0 Å². The molecule has 17 heavy (non-hydrogen) atoms. The number of rotatable bonds is 7. The molecule has 0 aromatic carbocycles. The molecule has 1 amide bonds. The van der Waals surface area contributed by atoms with Crippen molar-refractivity contribution in [3.8, 4) is 0 Å². The van der Waals surface area contributed by atoms with E-state index < -0.39 is 0 Å². The maximum Gasteiger partial charge on any atom is 0.234 e. The Morgan fingerprint density at radius 2 is 1.94 bits per heavy atom. The average Bonchev–Trinajstić information content (AvgIpc) is 3.11. The Kier molecular flexibility index (Phi) is 3.76. The summed E-state index contributed by atoms with van der Waals surface area (Å²) in [4.78, 5) is 11.7. The van der Waals surface area contributed by atoms with Crippen LogP contribution < -0.4 is 10.6 Å². The van der Waals surface area contributed by atoms with Gasteiger partial charge in [-0.1, -0.05) is 13.8 Å². The third kappa shape index (κ3) is 3.44. The fraction of sp³-hybridized carbons (Fsp3) is 0.929.